The van der Waals surface area contributed by atoms with Crippen LogP contribution >= 0.6 is 0 Å². The van der Waals surface area contributed by atoms with Crippen LogP contribution in [0.15, 0.2) is 33.6 Å². The van der Waals surface area contributed by atoms with Crippen LogP contribution in [0.4, 0.5) is 0 Å². The molecule has 0 bridgehead atoms. The molecule has 18 heavy (non-hydrogen) atoms. The molecule has 0 heterocycles. The number of ether oxygens (including phenoxy) is 1. The molecule has 0 radical (unpaired) electrons. The third-order valence-electron chi connectivity index (χ3n) is 2.01. The molecule has 0 fully saturated rings. The van der Waals surface area contributed by atoms with Gasteiger partial charge in [0.25, 0.3) is 10.0 Å². The van der Waals surface area contributed by atoms with Gasteiger partial charge in [-0.25, -0.2) is 10.3 Å². The monoisotopic (exact) mass is 272 g/mol. The minimum Gasteiger partial charge on any atom is -0.463 e. The third-order valence-corrected chi connectivity index (χ3v) is 3.31. The zero-order valence-corrected chi connectivity index (χ0v) is 10.6. The SMILES string of the molecule is COC(=O)/C(=N/S(=O)(=O)c1ccc(C)cc1)NO. The quantitative estimate of drug-likeness (QED) is 0.346. The van der Waals surface area contributed by atoms with E-state index in [4.69, 9.17) is 5.21 Å². The fourth-order valence-electron chi connectivity index (χ4n) is 1.08. The van der Waals surface area contributed by atoms with E-state index in [9.17, 15) is 13.2 Å². The number of carbonyl (C=O) groups excluding carboxylic acids is 1. The second-order valence-corrected chi connectivity index (χ2v) is 4.94. The lowest BCUT2D eigenvalue weighted by molar-refractivity contribution is -0.133. The minimum atomic E-state index is -4.08. The Balaban J connectivity index is 3.18. The lowest BCUT2D eigenvalue weighted by Crippen LogP contribution is -2.30. The molecule has 0 saturated heterocycles. The highest BCUT2D eigenvalue weighted by molar-refractivity contribution is 7.90. The smallest absolute Gasteiger partial charge is 0.376 e. The van der Waals surface area contributed by atoms with Gasteiger partial charge in [0, 0.05) is 0 Å². The number of nitrogens with zero attached hydrogens (tertiary/aromatic N) is 1. The zero-order chi connectivity index (χ0) is 13.8. The van der Waals surface area contributed by atoms with Crippen molar-refractivity contribution >= 4 is 21.8 Å². The van der Waals surface area contributed by atoms with Gasteiger partial charge in [-0.3, -0.25) is 5.21 Å². The van der Waals surface area contributed by atoms with Gasteiger partial charge in [0.1, 0.15) is 0 Å². The summed E-state index contributed by atoms with van der Waals surface area (Å²) in [4.78, 5) is 11.0. The van der Waals surface area contributed by atoms with Crippen molar-refractivity contribution in [3.63, 3.8) is 0 Å². The van der Waals surface area contributed by atoms with Gasteiger partial charge in [-0.1, -0.05) is 17.7 Å². The summed E-state index contributed by atoms with van der Waals surface area (Å²) in [5, 5.41) is 8.64. The number of amidine groups is 1. The summed E-state index contributed by atoms with van der Waals surface area (Å²) in [5.74, 6) is -1.90. The van der Waals surface area contributed by atoms with E-state index in [0.717, 1.165) is 12.7 Å². The van der Waals surface area contributed by atoms with Crippen molar-refractivity contribution in [3.8, 4) is 0 Å². The average molecular weight is 272 g/mol. The van der Waals surface area contributed by atoms with E-state index in [1.54, 1.807) is 19.1 Å². The maximum atomic E-state index is 11.8. The first-order chi connectivity index (χ1) is 8.40. The number of hydrogen-bond donors (Lipinski definition) is 2. The fraction of sp³-hybridized carbons (Fsp3) is 0.200. The van der Waals surface area contributed by atoms with Crippen LogP contribution in [0.2, 0.25) is 0 Å². The van der Waals surface area contributed by atoms with Crippen LogP contribution in [-0.2, 0) is 19.6 Å². The molecule has 0 amide bonds. The Hall–Kier alpha value is -1.93. The number of hydroxylamine groups is 1. The van der Waals surface area contributed by atoms with E-state index in [-0.39, 0.29) is 4.90 Å². The summed E-state index contributed by atoms with van der Waals surface area (Å²) in [6, 6.07) is 5.88. The molecule has 0 aliphatic carbocycles. The number of nitrogens with one attached hydrogen (secondary N) is 1. The number of esters is 1. The van der Waals surface area contributed by atoms with E-state index in [1.165, 1.54) is 17.6 Å². The number of aryl methyl sites for hydroxylation is 1. The molecule has 1 aromatic carbocycles. The topological polar surface area (TPSA) is 105 Å². The summed E-state index contributed by atoms with van der Waals surface area (Å²) >= 11 is 0. The van der Waals surface area contributed by atoms with Crippen LogP contribution in [0.25, 0.3) is 0 Å². The van der Waals surface area contributed by atoms with Crippen LogP contribution in [0.5, 0.6) is 0 Å². The highest BCUT2D eigenvalue weighted by Gasteiger charge is 2.18. The lowest BCUT2D eigenvalue weighted by Gasteiger charge is -2.03. The number of hydrogen-bond acceptors (Lipinski definition) is 5. The van der Waals surface area contributed by atoms with E-state index >= 15 is 0 Å². The predicted octanol–water partition coefficient (Wildman–Crippen LogP) is 0.234. The lowest BCUT2D eigenvalue weighted by atomic mass is 10.2. The van der Waals surface area contributed by atoms with Crippen molar-refractivity contribution in [1.82, 2.24) is 5.48 Å². The molecule has 2 N–H and O–H groups in total. The number of sulfonamides is 1. The molecule has 98 valence electrons. The molecule has 0 spiro atoms. The molecule has 0 atom stereocenters. The molecule has 0 unspecified atom stereocenters. The normalized spacial score (nSPS) is 12.1. The first-order valence-electron chi connectivity index (χ1n) is 4.81. The van der Waals surface area contributed by atoms with E-state index in [2.05, 4.69) is 9.13 Å². The van der Waals surface area contributed by atoms with Gasteiger partial charge in [-0.05, 0) is 19.1 Å². The second kappa shape index (κ2) is 5.61. The third kappa shape index (κ3) is 3.28. The molecule has 0 saturated carbocycles. The summed E-state index contributed by atoms with van der Waals surface area (Å²) in [5.41, 5.74) is 2.27. The Morgan fingerprint density at radius 3 is 2.33 bits per heavy atom. The minimum absolute atomic E-state index is 0.0928. The largest absolute Gasteiger partial charge is 0.463 e. The second-order valence-electron chi connectivity index (χ2n) is 3.33. The summed E-state index contributed by atoms with van der Waals surface area (Å²) in [7, 11) is -3.04. The van der Waals surface area contributed by atoms with Crippen LogP contribution in [0, 0.1) is 6.92 Å². The molecule has 1 aromatic rings. The highest BCUT2D eigenvalue weighted by atomic mass is 32.2. The predicted molar refractivity (Wildman–Crippen MR) is 62.7 cm³/mol. The Morgan fingerprint density at radius 1 is 1.33 bits per heavy atom. The Morgan fingerprint density at radius 2 is 1.89 bits per heavy atom. The van der Waals surface area contributed by atoms with Gasteiger partial charge in [-0.15, -0.1) is 4.40 Å². The Bertz CT molecular complexity index is 562. The van der Waals surface area contributed by atoms with Gasteiger partial charge >= 0.3 is 5.97 Å². The molecular weight excluding hydrogens is 260 g/mol. The van der Waals surface area contributed by atoms with Crippen molar-refractivity contribution in [2.45, 2.75) is 11.8 Å². The molecule has 0 aromatic heterocycles. The van der Waals surface area contributed by atoms with Gasteiger partial charge in [0.15, 0.2) is 0 Å². The number of carbonyl (C=O) groups is 1. The molecule has 0 aliphatic heterocycles. The van der Waals surface area contributed by atoms with Gasteiger partial charge < -0.3 is 4.74 Å². The van der Waals surface area contributed by atoms with Gasteiger partial charge in [0.05, 0.1) is 12.0 Å². The highest BCUT2D eigenvalue weighted by Crippen LogP contribution is 2.13. The van der Waals surface area contributed by atoms with Crippen molar-refractivity contribution in [3.05, 3.63) is 29.8 Å². The zero-order valence-electron chi connectivity index (χ0n) is 9.75. The van der Waals surface area contributed by atoms with Crippen LogP contribution < -0.4 is 5.48 Å². The van der Waals surface area contributed by atoms with Crippen LogP contribution in [0.1, 0.15) is 5.56 Å². The van der Waals surface area contributed by atoms with Crippen molar-refractivity contribution < 1.29 is 23.2 Å². The van der Waals surface area contributed by atoms with Crippen molar-refractivity contribution in [1.29, 1.82) is 0 Å². The van der Waals surface area contributed by atoms with Crippen molar-refractivity contribution in [2.24, 2.45) is 4.40 Å². The number of methoxy groups -OCH3 is 1. The van der Waals surface area contributed by atoms with E-state index in [1.807, 2.05) is 0 Å². The fourth-order valence-corrected chi connectivity index (χ4v) is 2.02. The Kier molecular flexibility index (Phi) is 4.40. The molecule has 0 aliphatic rings. The summed E-state index contributed by atoms with van der Waals surface area (Å²) in [6.45, 7) is 1.80. The molecule has 7 nitrogen and oxygen atoms in total. The van der Waals surface area contributed by atoms with E-state index in [0.29, 0.717) is 0 Å². The maximum Gasteiger partial charge on any atom is 0.376 e. The molecule has 1 rings (SSSR count). The first-order valence-corrected chi connectivity index (χ1v) is 6.25. The van der Waals surface area contributed by atoms with Crippen molar-refractivity contribution in [2.75, 3.05) is 7.11 Å². The van der Waals surface area contributed by atoms with Gasteiger partial charge in [-0.2, -0.15) is 8.42 Å². The summed E-state index contributed by atoms with van der Waals surface area (Å²) < 4.78 is 31.0. The van der Waals surface area contributed by atoms with E-state index < -0.39 is 21.8 Å². The standard InChI is InChI=1S/C10H12N2O5S/c1-7-3-5-8(6-4-7)18(15,16)12-9(11-14)10(13)17-2/h3-6,14H,1-2H3,(H,11,12). The molecular formula is C10H12N2O5S. The first kappa shape index (κ1) is 14.1. The Labute approximate surface area is 104 Å². The van der Waals surface area contributed by atoms with Crippen LogP contribution in [-0.4, -0.2) is 32.5 Å². The average Bonchev–Trinajstić information content (AvgIpc) is 2.35. The molecule has 8 heteroatoms. The summed E-state index contributed by atoms with van der Waals surface area (Å²) in [6.07, 6.45) is 0. The van der Waals surface area contributed by atoms with Crippen LogP contribution in [0.3, 0.4) is 0 Å². The van der Waals surface area contributed by atoms with Gasteiger partial charge in [0.2, 0.25) is 5.84 Å². The number of rotatable bonds is 2. The number of benzene rings is 1. The maximum absolute atomic E-state index is 11.8.